The molecule has 1 aromatic heterocycles. The topological polar surface area (TPSA) is 58.4 Å². The highest BCUT2D eigenvalue weighted by molar-refractivity contribution is 6.40. The molecule has 0 aliphatic rings. The van der Waals surface area contributed by atoms with E-state index in [-0.39, 0.29) is 29.3 Å². The standard InChI is InChI=1S/C8H13N3O.C6H3Cl3O.CH4/c1-3-5-10(2)8(12)11-6-4-9-7-11;7-3-1-4(8)6(10)5(9)2-3;/h4,6-7H,3,5H2,1-2H3;1-2,10H;1H4. The molecule has 5 nitrogen and oxygen atoms in total. The smallest absolute Gasteiger partial charge is 0.329 e. The van der Waals surface area contributed by atoms with E-state index >= 15 is 0 Å². The van der Waals surface area contributed by atoms with Gasteiger partial charge in [-0.1, -0.05) is 49.2 Å². The Morgan fingerprint density at radius 3 is 2.30 bits per heavy atom. The van der Waals surface area contributed by atoms with E-state index in [4.69, 9.17) is 39.9 Å². The minimum atomic E-state index is -0.132. The molecule has 0 atom stereocenters. The van der Waals surface area contributed by atoms with Crippen LogP contribution in [-0.4, -0.2) is 39.2 Å². The molecule has 0 bridgehead atoms. The quantitative estimate of drug-likeness (QED) is 0.780. The Bertz CT molecular complexity index is 595. The first-order chi connectivity index (χ1) is 10.4. The second kappa shape index (κ2) is 10.4. The Labute approximate surface area is 151 Å². The Morgan fingerprint density at radius 2 is 1.87 bits per heavy atom. The molecule has 0 saturated heterocycles. The number of aromatic hydroxyl groups is 1. The number of hydrogen-bond donors (Lipinski definition) is 1. The minimum Gasteiger partial charge on any atom is -0.505 e. The third kappa shape index (κ3) is 6.69. The van der Waals surface area contributed by atoms with Gasteiger partial charge in [-0.15, -0.1) is 0 Å². The summed E-state index contributed by atoms with van der Waals surface area (Å²) in [7, 11) is 1.78. The minimum absolute atomic E-state index is 0. The van der Waals surface area contributed by atoms with Gasteiger partial charge >= 0.3 is 6.03 Å². The van der Waals surface area contributed by atoms with E-state index in [1.165, 1.54) is 23.0 Å². The number of phenolic OH excluding ortho intramolecular Hbond substituents is 1. The van der Waals surface area contributed by atoms with E-state index < -0.39 is 0 Å². The number of amides is 1. The van der Waals surface area contributed by atoms with Crippen LogP contribution in [-0.2, 0) is 0 Å². The van der Waals surface area contributed by atoms with Crippen LogP contribution in [0.15, 0.2) is 30.9 Å². The fourth-order valence-corrected chi connectivity index (χ4v) is 2.35. The highest BCUT2D eigenvalue weighted by Gasteiger charge is 2.08. The molecule has 1 N–H and O–H groups in total. The maximum atomic E-state index is 11.4. The Balaban J connectivity index is 0.000000409. The molecule has 0 aliphatic heterocycles. The molecule has 1 aromatic carbocycles. The van der Waals surface area contributed by atoms with Gasteiger partial charge in [0.2, 0.25) is 0 Å². The summed E-state index contributed by atoms with van der Waals surface area (Å²) in [4.78, 5) is 16.9. The number of rotatable bonds is 2. The van der Waals surface area contributed by atoms with E-state index in [1.54, 1.807) is 24.3 Å². The highest BCUT2D eigenvalue weighted by Crippen LogP contribution is 2.34. The van der Waals surface area contributed by atoms with Gasteiger partial charge in [0.15, 0.2) is 5.75 Å². The van der Waals surface area contributed by atoms with Crippen LogP contribution in [0.2, 0.25) is 15.1 Å². The Hall–Kier alpha value is -1.43. The first-order valence-electron chi connectivity index (χ1n) is 6.43. The summed E-state index contributed by atoms with van der Waals surface area (Å²) in [5.41, 5.74) is 0. The van der Waals surface area contributed by atoms with Crippen molar-refractivity contribution < 1.29 is 9.90 Å². The summed E-state index contributed by atoms with van der Waals surface area (Å²) in [5, 5.41) is 9.75. The van der Waals surface area contributed by atoms with Crippen molar-refractivity contribution in [3.8, 4) is 5.75 Å². The third-order valence-electron chi connectivity index (χ3n) is 2.59. The number of aromatic nitrogens is 2. The monoisotopic (exact) mass is 379 g/mol. The van der Waals surface area contributed by atoms with Crippen molar-refractivity contribution >= 4 is 40.8 Å². The molecular formula is C15H20Cl3N3O2. The average Bonchev–Trinajstić information content (AvgIpc) is 2.99. The van der Waals surface area contributed by atoms with Crippen LogP contribution in [0.5, 0.6) is 5.75 Å². The highest BCUT2D eigenvalue weighted by atomic mass is 35.5. The molecule has 1 amide bonds. The van der Waals surface area contributed by atoms with E-state index in [0.717, 1.165) is 13.0 Å². The van der Waals surface area contributed by atoms with Crippen LogP contribution in [0.25, 0.3) is 0 Å². The number of phenols is 1. The molecule has 1 heterocycles. The fraction of sp³-hybridized carbons (Fsp3) is 0.333. The van der Waals surface area contributed by atoms with Gasteiger partial charge in [-0.3, -0.25) is 4.57 Å². The van der Waals surface area contributed by atoms with Crippen LogP contribution in [0, 0.1) is 0 Å². The number of imidazole rings is 1. The van der Waals surface area contributed by atoms with E-state index in [1.807, 2.05) is 6.92 Å². The number of carbonyl (C=O) groups is 1. The largest absolute Gasteiger partial charge is 0.505 e. The number of nitrogens with zero attached hydrogens (tertiary/aromatic N) is 3. The molecule has 23 heavy (non-hydrogen) atoms. The molecule has 0 spiro atoms. The molecule has 2 rings (SSSR count). The number of carbonyl (C=O) groups excluding carboxylic acids is 1. The predicted molar refractivity (Wildman–Crippen MR) is 95.8 cm³/mol. The number of benzene rings is 1. The first-order valence-corrected chi connectivity index (χ1v) is 7.57. The summed E-state index contributed by atoms with van der Waals surface area (Å²) in [5.74, 6) is -0.132. The van der Waals surface area contributed by atoms with Crippen LogP contribution in [0.1, 0.15) is 20.8 Å². The lowest BCUT2D eigenvalue weighted by molar-refractivity contribution is 0.210. The molecule has 2 aromatic rings. The Morgan fingerprint density at radius 1 is 1.30 bits per heavy atom. The van der Waals surface area contributed by atoms with Crippen molar-refractivity contribution in [2.75, 3.05) is 13.6 Å². The number of hydrogen-bond acceptors (Lipinski definition) is 3. The van der Waals surface area contributed by atoms with Gasteiger partial charge in [-0.2, -0.15) is 0 Å². The van der Waals surface area contributed by atoms with Crippen molar-refractivity contribution in [2.45, 2.75) is 20.8 Å². The van der Waals surface area contributed by atoms with Gasteiger partial charge in [-0.05, 0) is 18.6 Å². The molecular weight excluding hydrogens is 361 g/mol. The van der Waals surface area contributed by atoms with E-state index in [2.05, 4.69) is 4.98 Å². The van der Waals surface area contributed by atoms with Crippen molar-refractivity contribution in [1.82, 2.24) is 14.5 Å². The van der Waals surface area contributed by atoms with Gasteiger partial charge in [0.05, 0.1) is 10.0 Å². The van der Waals surface area contributed by atoms with Crippen molar-refractivity contribution in [2.24, 2.45) is 0 Å². The van der Waals surface area contributed by atoms with E-state index in [0.29, 0.717) is 5.02 Å². The summed E-state index contributed by atoms with van der Waals surface area (Å²) in [6.45, 7) is 2.81. The second-order valence-corrected chi connectivity index (χ2v) is 5.64. The summed E-state index contributed by atoms with van der Waals surface area (Å²) in [6.07, 6.45) is 5.72. The lowest BCUT2D eigenvalue weighted by atomic mass is 10.3. The molecule has 0 unspecified atom stereocenters. The normalized spacial score (nSPS) is 9.43. The van der Waals surface area contributed by atoms with Gasteiger partial charge in [-0.25, -0.2) is 9.78 Å². The lowest BCUT2D eigenvalue weighted by Gasteiger charge is -2.15. The first kappa shape index (κ1) is 21.6. The maximum absolute atomic E-state index is 11.4. The summed E-state index contributed by atoms with van der Waals surface area (Å²) < 4.78 is 1.47. The predicted octanol–water partition coefficient (Wildman–Crippen LogP) is 5.18. The second-order valence-electron chi connectivity index (χ2n) is 4.39. The molecule has 0 fully saturated rings. The van der Waals surface area contributed by atoms with Crippen LogP contribution in [0.3, 0.4) is 0 Å². The van der Waals surface area contributed by atoms with Crippen LogP contribution < -0.4 is 0 Å². The van der Waals surface area contributed by atoms with Gasteiger partial charge in [0.1, 0.15) is 6.33 Å². The molecule has 8 heteroatoms. The average molecular weight is 381 g/mol. The SMILES string of the molecule is C.CCCN(C)C(=O)n1ccnc1.Oc1c(Cl)cc(Cl)cc1Cl. The molecule has 0 radical (unpaired) electrons. The summed E-state index contributed by atoms with van der Waals surface area (Å²) in [6, 6.07) is 2.81. The Kier molecular flexibility index (Phi) is 9.72. The van der Waals surface area contributed by atoms with Gasteiger partial charge in [0.25, 0.3) is 0 Å². The number of halogens is 3. The zero-order chi connectivity index (χ0) is 16.7. The molecule has 128 valence electrons. The van der Waals surface area contributed by atoms with E-state index in [9.17, 15) is 4.79 Å². The lowest BCUT2D eigenvalue weighted by Crippen LogP contribution is -2.30. The van der Waals surface area contributed by atoms with Gasteiger partial charge in [0, 0.05) is 31.0 Å². The third-order valence-corrected chi connectivity index (χ3v) is 3.39. The zero-order valence-electron chi connectivity index (χ0n) is 12.1. The van der Waals surface area contributed by atoms with Crippen molar-refractivity contribution in [3.63, 3.8) is 0 Å². The van der Waals surface area contributed by atoms with Gasteiger partial charge < -0.3 is 10.0 Å². The van der Waals surface area contributed by atoms with Crippen LogP contribution in [0.4, 0.5) is 4.79 Å². The molecule has 0 aliphatic carbocycles. The summed E-state index contributed by atoms with van der Waals surface area (Å²) >= 11 is 16.5. The van der Waals surface area contributed by atoms with Crippen LogP contribution >= 0.6 is 34.8 Å². The van der Waals surface area contributed by atoms with Crippen molar-refractivity contribution in [1.29, 1.82) is 0 Å². The van der Waals surface area contributed by atoms with Crippen molar-refractivity contribution in [3.05, 3.63) is 45.9 Å². The molecule has 0 saturated carbocycles. The zero-order valence-corrected chi connectivity index (χ0v) is 14.4. The fourth-order valence-electron chi connectivity index (χ4n) is 1.54. The maximum Gasteiger partial charge on any atom is 0.329 e.